The SMILES string of the molecule is COCC(=O)NCCNC(=O)CCc1ccc(Cl)cc1. The van der Waals surface area contributed by atoms with Gasteiger partial charge in [0.2, 0.25) is 11.8 Å². The molecule has 1 aromatic rings. The first-order valence-electron chi connectivity index (χ1n) is 6.38. The van der Waals surface area contributed by atoms with Crippen molar-refractivity contribution in [2.24, 2.45) is 0 Å². The molecule has 20 heavy (non-hydrogen) atoms. The first-order chi connectivity index (χ1) is 9.61. The number of hydrogen-bond donors (Lipinski definition) is 2. The van der Waals surface area contributed by atoms with Crippen LogP contribution in [0.1, 0.15) is 12.0 Å². The molecule has 1 aromatic carbocycles. The lowest BCUT2D eigenvalue weighted by atomic mass is 10.1. The highest BCUT2D eigenvalue weighted by atomic mass is 35.5. The molecule has 0 atom stereocenters. The van der Waals surface area contributed by atoms with E-state index in [1.165, 1.54) is 7.11 Å². The van der Waals surface area contributed by atoms with Crippen molar-refractivity contribution in [3.05, 3.63) is 34.9 Å². The maximum Gasteiger partial charge on any atom is 0.246 e. The molecule has 6 heteroatoms. The van der Waals surface area contributed by atoms with E-state index in [4.69, 9.17) is 11.6 Å². The van der Waals surface area contributed by atoms with Crippen molar-refractivity contribution in [2.75, 3.05) is 26.8 Å². The number of hydrogen-bond acceptors (Lipinski definition) is 3. The van der Waals surface area contributed by atoms with Crippen molar-refractivity contribution >= 4 is 23.4 Å². The maximum absolute atomic E-state index is 11.6. The van der Waals surface area contributed by atoms with Gasteiger partial charge in [0, 0.05) is 31.6 Å². The van der Waals surface area contributed by atoms with E-state index in [0.29, 0.717) is 31.0 Å². The van der Waals surface area contributed by atoms with Gasteiger partial charge in [-0.3, -0.25) is 9.59 Å². The van der Waals surface area contributed by atoms with Gasteiger partial charge in [-0.1, -0.05) is 23.7 Å². The summed E-state index contributed by atoms with van der Waals surface area (Å²) in [5, 5.41) is 6.05. The van der Waals surface area contributed by atoms with Crippen LogP contribution in [0.4, 0.5) is 0 Å². The fraction of sp³-hybridized carbons (Fsp3) is 0.429. The molecule has 110 valence electrons. The number of nitrogens with one attached hydrogen (secondary N) is 2. The van der Waals surface area contributed by atoms with Gasteiger partial charge in [-0.25, -0.2) is 0 Å². The molecule has 0 aliphatic carbocycles. The first-order valence-corrected chi connectivity index (χ1v) is 6.76. The summed E-state index contributed by atoms with van der Waals surface area (Å²) in [4.78, 5) is 22.6. The van der Waals surface area contributed by atoms with Crippen LogP contribution >= 0.6 is 11.6 Å². The summed E-state index contributed by atoms with van der Waals surface area (Å²) in [5.41, 5.74) is 1.07. The second-order valence-electron chi connectivity index (χ2n) is 4.26. The molecule has 0 aliphatic rings. The van der Waals surface area contributed by atoms with Gasteiger partial charge in [0.1, 0.15) is 6.61 Å². The van der Waals surface area contributed by atoms with Gasteiger partial charge in [0.15, 0.2) is 0 Å². The van der Waals surface area contributed by atoms with Crippen LogP contribution in [0.25, 0.3) is 0 Å². The average Bonchev–Trinajstić information content (AvgIpc) is 2.43. The van der Waals surface area contributed by atoms with E-state index in [9.17, 15) is 9.59 Å². The Morgan fingerprint density at radius 3 is 2.30 bits per heavy atom. The first kappa shape index (κ1) is 16.5. The molecular weight excluding hydrogens is 280 g/mol. The molecule has 5 nitrogen and oxygen atoms in total. The van der Waals surface area contributed by atoms with E-state index in [1.807, 2.05) is 12.1 Å². The predicted molar refractivity (Wildman–Crippen MR) is 77.7 cm³/mol. The van der Waals surface area contributed by atoms with Crippen LogP contribution in [0.2, 0.25) is 5.02 Å². The topological polar surface area (TPSA) is 67.4 Å². The number of carbonyl (C=O) groups excluding carboxylic acids is 2. The van der Waals surface area contributed by atoms with E-state index in [2.05, 4.69) is 15.4 Å². The summed E-state index contributed by atoms with van der Waals surface area (Å²) in [6, 6.07) is 7.42. The molecule has 0 fully saturated rings. The van der Waals surface area contributed by atoms with Crippen LogP contribution in [-0.4, -0.2) is 38.6 Å². The number of amides is 2. The number of benzene rings is 1. The second kappa shape index (κ2) is 9.34. The highest BCUT2D eigenvalue weighted by Crippen LogP contribution is 2.10. The van der Waals surface area contributed by atoms with Crippen LogP contribution < -0.4 is 10.6 Å². The minimum atomic E-state index is -0.192. The van der Waals surface area contributed by atoms with Crippen molar-refractivity contribution < 1.29 is 14.3 Å². The van der Waals surface area contributed by atoms with Crippen molar-refractivity contribution in [2.45, 2.75) is 12.8 Å². The molecule has 0 spiro atoms. The van der Waals surface area contributed by atoms with Crippen LogP contribution in [0.15, 0.2) is 24.3 Å². The summed E-state index contributed by atoms with van der Waals surface area (Å²) >= 11 is 5.78. The van der Waals surface area contributed by atoms with Gasteiger partial charge in [-0.2, -0.15) is 0 Å². The molecule has 0 unspecified atom stereocenters. The minimum Gasteiger partial charge on any atom is -0.375 e. The number of rotatable bonds is 8. The standard InChI is InChI=1S/C14H19ClN2O3/c1-20-10-14(19)17-9-8-16-13(18)7-4-11-2-5-12(15)6-3-11/h2-3,5-6H,4,7-10H2,1H3,(H,16,18)(H,17,19). The third kappa shape index (κ3) is 7.11. The highest BCUT2D eigenvalue weighted by molar-refractivity contribution is 6.30. The van der Waals surface area contributed by atoms with E-state index < -0.39 is 0 Å². The van der Waals surface area contributed by atoms with Gasteiger partial charge in [0.05, 0.1) is 0 Å². The van der Waals surface area contributed by atoms with Gasteiger partial charge >= 0.3 is 0 Å². The lowest BCUT2D eigenvalue weighted by Gasteiger charge is -2.07. The van der Waals surface area contributed by atoms with Crippen LogP contribution in [0, 0.1) is 0 Å². The molecule has 2 amide bonds. The Kier molecular flexibility index (Phi) is 7.69. The third-order valence-electron chi connectivity index (χ3n) is 2.60. The van der Waals surface area contributed by atoms with E-state index in [1.54, 1.807) is 12.1 Å². The lowest BCUT2D eigenvalue weighted by Crippen LogP contribution is -2.36. The zero-order chi connectivity index (χ0) is 14.8. The van der Waals surface area contributed by atoms with Crippen molar-refractivity contribution in [3.63, 3.8) is 0 Å². The van der Waals surface area contributed by atoms with Crippen LogP contribution in [0.5, 0.6) is 0 Å². The monoisotopic (exact) mass is 298 g/mol. The normalized spacial score (nSPS) is 10.1. The van der Waals surface area contributed by atoms with Crippen LogP contribution in [-0.2, 0) is 20.7 Å². The Labute approximate surface area is 123 Å². The Morgan fingerprint density at radius 2 is 1.70 bits per heavy atom. The zero-order valence-corrected chi connectivity index (χ0v) is 12.2. The Hall–Kier alpha value is -1.59. The largest absolute Gasteiger partial charge is 0.375 e. The molecule has 0 aliphatic heterocycles. The molecule has 2 N–H and O–H groups in total. The Balaban J connectivity index is 2.11. The number of methoxy groups -OCH3 is 1. The molecule has 0 radical (unpaired) electrons. The number of ether oxygens (including phenoxy) is 1. The molecule has 0 saturated carbocycles. The summed E-state index contributed by atoms with van der Waals surface area (Å²) in [7, 11) is 1.46. The maximum atomic E-state index is 11.6. The second-order valence-corrected chi connectivity index (χ2v) is 4.70. The quantitative estimate of drug-likeness (QED) is 0.708. The van der Waals surface area contributed by atoms with Crippen LogP contribution in [0.3, 0.4) is 0 Å². The fourth-order valence-corrected chi connectivity index (χ4v) is 1.71. The molecular formula is C14H19ClN2O3. The smallest absolute Gasteiger partial charge is 0.246 e. The molecule has 1 rings (SSSR count). The van der Waals surface area contributed by atoms with Gasteiger partial charge in [-0.05, 0) is 24.1 Å². The zero-order valence-electron chi connectivity index (χ0n) is 11.4. The van der Waals surface area contributed by atoms with Crippen molar-refractivity contribution in [1.82, 2.24) is 10.6 Å². The third-order valence-corrected chi connectivity index (χ3v) is 2.85. The minimum absolute atomic E-state index is 0.0323. The fourth-order valence-electron chi connectivity index (χ4n) is 1.58. The Morgan fingerprint density at radius 1 is 1.10 bits per heavy atom. The summed E-state index contributed by atoms with van der Waals surface area (Å²) in [5.74, 6) is -0.233. The van der Waals surface area contributed by atoms with Gasteiger partial charge in [-0.15, -0.1) is 0 Å². The average molecular weight is 299 g/mol. The van der Waals surface area contributed by atoms with E-state index in [-0.39, 0.29) is 18.4 Å². The summed E-state index contributed by atoms with van der Waals surface area (Å²) in [6.07, 6.45) is 1.08. The summed E-state index contributed by atoms with van der Waals surface area (Å²) < 4.78 is 4.67. The Bertz CT molecular complexity index is 435. The van der Waals surface area contributed by atoms with Gasteiger partial charge in [0.25, 0.3) is 0 Å². The van der Waals surface area contributed by atoms with E-state index >= 15 is 0 Å². The summed E-state index contributed by atoms with van der Waals surface area (Å²) in [6.45, 7) is 0.842. The molecule has 0 aromatic heterocycles. The predicted octanol–water partition coefficient (Wildman–Crippen LogP) is 1.15. The van der Waals surface area contributed by atoms with E-state index in [0.717, 1.165) is 5.56 Å². The number of carbonyl (C=O) groups is 2. The number of halogens is 1. The highest BCUT2D eigenvalue weighted by Gasteiger charge is 2.03. The molecule has 0 bridgehead atoms. The van der Waals surface area contributed by atoms with Crippen molar-refractivity contribution in [3.8, 4) is 0 Å². The lowest BCUT2D eigenvalue weighted by molar-refractivity contribution is -0.125. The number of aryl methyl sites for hydroxylation is 1. The molecule has 0 saturated heterocycles. The van der Waals surface area contributed by atoms with Crippen molar-refractivity contribution in [1.29, 1.82) is 0 Å². The molecule has 0 heterocycles. The van der Waals surface area contributed by atoms with Gasteiger partial charge < -0.3 is 15.4 Å².